The number of nitrogen functional groups attached to an aromatic ring is 1. The van der Waals surface area contributed by atoms with Crippen molar-refractivity contribution in [1.29, 1.82) is 0 Å². The van der Waals surface area contributed by atoms with Gasteiger partial charge in [0.1, 0.15) is 36.3 Å². The van der Waals surface area contributed by atoms with Crippen LogP contribution in [0.4, 0.5) is 5.82 Å². The molecular formula is C31H42N4O9P+. The maximum atomic E-state index is 14.3. The Morgan fingerprint density at radius 3 is 2.36 bits per heavy atom. The van der Waals surface area contributed by atoms with E-state index in [1.54, 1.807) is 30.3 Å². The number of carbonyl (C=O) groups excluding carboxylic acids is 1. The van der Waals surface area contributed by atoms with E-state index >= 15 is 0 Å². The maximum absolute atomic E-state index is 14.3. The molecule has 0 radical (unpaired) electrons. The van der Waals surface area contributed by atoms with Crippen molar-refractivity contribution in [3.63, 3.8) is 0 Å². The largest absolute Gasteiger partial charge is 0.501 e. The molecule has 6 atom stereocenters. The SMILES string of the molecule is CCC(CC)COC(=O)C(Cc1ccccc1)NP(=O)(OC[C@H]1O[C@@H]([n+]2ccc(N)n(C)c2=O)C(O)[C@H]1O)Oc1ccccc1. The molecule has 2 heterocycles. The fourth-order valence-corrected chi connectivity index (χ4v) is 6.34. The van der Waals surface area contributed by atoms with Crippen molar-refractivity contribution in [3.05, 3.63) is 89.0 Å². The first-order valence-electron chi connectivity index (χ1n) is 14.9. The smallest absolute Gasteiger partial charge is 0.464 e. The summed E-state index contributed by atoms with van der Waals surface area (Å²) in [7, 11) is -2.92. The molecule has 1 aliphatic heterocycles. The van der Waals surface area contributed by atoms with Crippen molar-refractivity contribution in [3.8, 4) is 5.75 Å². The van der Waals surface area contributed by atoms with Crippen LogP contribution in [-0.2, 0) is 36.8 Å². The molecule has 5 N–H and O–H groups in total. The quantitative estimate of drug-likeness (QED) is 0.108. The molecule has 4 rings (SSSR count). The van der Waals surface area contributed by atoms with E-state index in [0.717, 1.165) is 27.5 Å². The van der Waals surface area contributed by atoms with Gasteiger partial charge in [-0.25, -0.2) is 4.57 Å². The van der Waals surface area contributed by atoms with Gasteiger partial charge in [-0.15, -0.1) is 0 Å². The summed E-state index contributed by atoms with van der Waals surface area (Å²) in [5.74, 6) is -0.0674. The van der Waals surface area contributed by atoms with E-state index in [1.807, 2.05) is 44.2 Å². The highest BCUT2D eigenvalue weighted by molar-refractivity contribution is 7.52. The summed E-state index contributed by atoms with van der Waals surface area (Å²) in [5.41, 5.74) is 5.99. The molecule has 1 saturated heterocycles. The van der Waals surface area contributed by atoms with Crippen molar-refractivity contribution in [2.24, 2.45) is 13.0 Å². The van der Waals surface area contributed by atoms with Crippen LogP contribution in [0.1, 0.15) is 38.5 Å². The molecular weight excluding hydrogens is 603 g/mol. The second kappa shape index (κ2) is 15.6. The Kier molecular flexibility index (Phi) is 11.9. The molecule has 3 unspecified atom stereocenters. The Hall–Kier alpha value is -3.58. The molecule has 0 spiro atoms. The fourth-order valence-electron chi connectivity index (χ4n) is 4.84. The van der Waals surface area contributed by atoms with Crippen LogP contribution in [0.2, 0.25) is 0 Å². The number of aromatic nitrogens is 2. The van der Waals surface area contributed by atoms with Crippen molar-refractivity contribution < 1.29 is 42.7 Å². The molecule has 0 aliphatic carbocycles. The molecule has 45 heavy (non-hydrogen) atoms. The number of esters is 1. The van der Waals surface area contributed by atoms with Crippen LogP contribution < -0.4 is 25.6 Å². The highest BCUT2D eigenvalue weighted by Crippen LogP contribution is 2.46. The number of rotatable bonds is 15. The highest BCUT2D eigenvalue weighted by Gasteiger charge is 2.48. The number of para-hydroxylation sites is 1. The van der Waals surface area contributed by atoms with E-state index in [0.29, 0.717) is 0 Å². The summed E-state index contributed by atoms with van der Waals surface area (Å²) in [5, 5.41) is 24.3. The molecule has 0 bridgehead atoms. The zero-order chi connectivity index (χ0) is 32.6. The first-order valence-corrected chi connectivity index (χ1v) is 16.4. The Labute approximate surface area is 262 Å². The number of ether oxygens (including phenoxy) is 2. The molecule has 13 nitrogen and oxygen atoms in total. The molecule has 0 amide bonds. The van der Waals surface area contributed by atoms with Gasteiger partial charge in [0.15, 0.2) is 5.82 Å². The normalized spacial score (nSPS) is 21.7. The fraction of sp³-hybridized carbons (Fsp3) is 0.452. The highest BCUT2D eigenvalue weighted by atomic mass is 31.2. The minimum Gasteiger partial charge on any atom is -0.464 e. The second-order valence-corrected chi connectivity index (χ2v) is 12.6. The molecule has 1 aliphatic rings. The van der Waals surface area contributed by atoms with Gasteiger partial charge in [0, 0.05) is 6.07 Å². The predicted molar refractivity (Wildman–Crippen MR) is 165 cm³/mol. The van der Waals surface area contributed by atoms with Crippen LogP contribution in [0.15, 0.2) is 77.7 Å². The second-order valence-electron chi connectivity index (χ2n) is 10.9. The van der Waals surface area contributed by atoms with Gasteiger partial charge in [0.2, 0.25) is 6.23 Å². The van der Waals surface area contributed by atoms with Gasteiger partial charge in [-0.3, -0.25) is 9.32 Å². The average Bonchev–Trinajstić information content (AvgIpc) is 3.32. The monoisotopic (exact) mass is 645 g/mol. The first-order chi connectivity index (χ1) is 21.5. The van der Waals surface area contributed by atoms with Gasteiger partial charge < -0.3 is 29.9 Å². The van der Waals surface area contributed by atoms with Gasteiger partial charge in [0.05, 0.1) is 20.3 Å². The van der Waals surface area contributed by atoms with Crippen molar-refractivity contribution in [1.82, 2.24) is 9.65 Å². The molecule has 244 valence electrons. The molecule has 0 saturated carbocycles. The summed E-state index contributed by atoms with van der Waals surface area (Å²) in [4.78, 5) is 26.1. The van der Waals surface area contributed by atoms with Gasteiger partial charge >= 0.3 is 19.4 Å². The number of anilines is 1. The van der Waals surface area contributed by atoms with Crippen LogP contribution in [-0.4, -0.2) is 58.3 Å². The molecule has 14 heteroatoms. The molecule has 3 aromatic rings. The van der Waals surface area contributed by atoms with Crippen LogP contribution in [0.25, 0.3) is 0 Å². The van der Waals surface area contributed by atoms with Gasteiger partial charge in [-0.2, -0.15) is 19.0 Å². The van der Waals surface area contributed by atoms with Crippen LogP contribution in [0.5, 0.6) is 5.75 Å². The lowest BCUT2D eigenvalue weighted by molar-refractivity contribution is -0.781. The standard InChI is InChI=1S/C31H41N4O9P/c1-4-21(5-2)19-41-30(38)24(18-22-12-8-6-9-13-22)33-45(40,44-23-14-10-7-11-15-23)42-20-25-27(36)28(37)29(43-25)35-17-16-26(32)34(3)31(35)39/h6-17,21,24-25,27-29,32,36-37H,4-5,18-20H2,1-3H3,(H,33,40)/p+1/t24?,25-,27+,28?,29-,45?/m1/s1. The summed E-state index contributed by atoms with van der Waals surface area (Å²) in [6.45, 7) is 3.71. The number of aliphatic hydroxyl groups is 2. The maximum Gasteiger partial charge on any atom is 0.501 e. The molecule has 2 aromatic carbocycles. The van der Waals surface area contributed by atoms with E-state index in [2.05, 4.69) is 5.09 Å². The van der Waals surface area contributed by atoms with Crippen molar-refractivity contribution >= 4 is 19.5 Å². The van der Waals surface area contributed by atoms with E-state index < -0.39 is 56.6 Å². The number of hydrogen-bond acceptors (Lipinski definition) is 10. The Balaban J connectivity index is 1.57. The predicted octanol–water partition coefficient (Wildman–Crippen LogP) is 2.26. The average molecular weight is 646 g/mol. The lowest BCUT2D eigenvalue weighted by Gasteiger charge is -2.26. The number of nitrogens with two attached hydrogens (primary N) is 1. The Morgan fingerprint density at radius 2 is 1.71 bits per heavy atom. The van der Waals surface area contributed by atoms with E-state index in [1.165, 1.54) is 19.3 Å². The third-order valence-corrected chi connectivity index (χ3v) is 9.36. The lowest BCUT2D eigenvalue weighted by atomic mass is 10.0. The lowest BCUT2D eigenvalue weighted by Crippen LogP contribution is -2.59. The summed E-state index contributed by atoms with van der Waals surface area (Å²) in [6, 6.07) is 17.7. The van der Waals surface area contributed by atoms with Crippen molar-refractivity contribution in [2.45, 2.75) is 63.7 Å². The zero-order valence-corrected chi connectivity index (χ0v) is 26.5. The van der Waals surface area contributed by atoms with E-state index in [4.69, 9.17) is 24.3 Å². The first kappa shape index (κ1) is 34.3. The summed E-state index contributed by atoms with van der Waals surface area (Å²) < 4.78 is 39.6. The van der Waals surface area contributed by atoms with Crippen molar-refractivity contribution in [2.75, 3.05) is 18.9 Å². The summed E-state index contributed by atoms with van der Waals surface area (Å²) >= 11 is 0. The van der Waals surface area contributed by atoms with Gasteiger partial charge in [-0.1, -0.05) is 75.2 Å². The molecule has 1 aromatic heterocycles. The number of nitrogens with zero attached hydrogens (tertiary/aromatic N) is 2. The third-order valence-electron chi connectivity index (χ3n) is 7.79. The number of aliphatic hydroxyl groups excluding tert-OH is 2. The van der Waals surface area contributed by atoms with Crippen LogP contribution >= 0.6 is 7.75 Å². The minimum absolute atomic E-state index is 0.120. The Bertz CT molecular complexity index is 1500. The number of hydrogen-bond donors (Lipinski definition) is 4. The van der Waals surface area contributed by atoms with Crippen LogP contribution in [0.3, 0.4) is 0 Å². The zero-order valence-electron chi connectivity index (χ0n) is 25.6. The van der Waals surface area contributed by atoms with E-state index in [9.17, 15) is 24.4 Å². The van der Waals surface area contributed by atoms with Gasteiger partial charge in [-0.05, 0) is 30.0 Å². The minimum atomic E-state index is -4.38. The van der Waals surface area contributed by atoms with Crippen LogP contribution in [0, 0.1) is 5.92 Å². The van der Waals surface area contributed by atoms with E-state index in [-0.39, 0.29) is 30.5 Å². The van der Waals surface area contributed by atoms with Gasteiger partial charge in [0.25, 0.3) is 0 Å². The molecule has 1 fully saturated rings. The Morgan fingerprint density at radius 1 is 1.07 bits per heavy atom. The summed E-state index contributed by atoms with van der Waals surface area (Å²) in [6.07, 6.45) is -2.41. The number of benzene rings is 2. The number of carbonyl (C=O) groups is 1. The topological polar surface area (TPSA) is 175 Å². The number of nitrogens with one attached hydrogen (secondary N) is 1. The third kappa shape index (κ3) is 8.78.